The van der Waals surface area contributed by atoms with Crippen LogP contribution in [0.5, 0.6) is 5.75 Å². The first-order valence-corrected chi connectivity index (χ1v) is 6.99. The first-order valence-electron chi connectivity index (χ1n) is 6.11. The van der Waals surface area contributed by atoms with Crippen LogP contribution < -0.4 is 4.74 Å². The number of ether oxygens (including phenoxy) is 2. The van der Waals surface area contributed by atoms with E-state index in [1.807, 2.05) is 23.6 Å². The van der Waals surface area contributed by atoms with Gasteiger partial charge in [0.05, 0.1) is 31.5 Å². The quantitative estimate of drug-likeness (QED) is 0.724. The van der Waals surface area contributed by atoms with Crippen LogP contribution >= 0.6 is 11.3 Å². The van der Waals surface area contributed by atoms with E-state index in [2.05, 4.69) is 12.1 Å². The van der Waals surface area contributed by atoms with Crippen LogP contribution in [0.4, 0.5) is 0 Å². The van der Waals surface area contributed by atoms with Crippen molar-refractivity contribution in [3.05, 3.63) is 52.2 Å². The van der Waals surface area contributed by atoms with E-state index in [0.717, 1.165) is 12.2 Å². The van der Waals surface area contributed by atoms with Crippen LogP contribution in [-0.2, 0) is 11.3 Å². The fourth-order valence-electron chi connectivity index (χ4n) is 1.54. The van der Waals surface area contributed by atoms with E-state index in [4.69, 9.17) is 14.7 Å². The zero-order valence-corrected chi connectivity index (χ0v) is 11.4. The third-order valence-electron chi connectivity index (χ3n) is 2.51. The Bertz CT molecular complexity index is 514. The second-order valence-electron chi connectivity index (χ2n) is 3.97. The third-order valence-corrected chi connectivity index (χ3v) is 3.36. The van der Waals surface area contributed by atoms with E-state index < -0.39 is 0 Å². The summed E-state index contributed by atoms with van der Waals surface area (Å²) in [7, 11) is 0. The maximum atomic E-state index is 8.67. The van der Waals surface area contributed by atoms with Gasteiger partial charge in [-0.25, -0.2) is 0 Å². The maximum absolute atomic E-state index is 8.67. The summed E-state index contributed by atoms with van der Waals surface area (Å²) >= 11 is 1.70. The minimum atomic E-state index is 0.621. The fraction of sp³-hybridized carbons (Fsp3) is 0.267. The molecule has 0 N–H and O–H groups in total. The molecule has 0 saturated carbocycles. The number of hydrogen-bond acceptors (Lipinski definition) is 4. The summed E-state index contributed by atoms with van der Waals surface area (Å²) in [6, 6.07) is 13.3. The van der Waals surface area contributed by atoms with Gasteiger partial charge in [0.2, 0.25) is 0 Å². The minimum Gasteiger partial charge on any atom is -0.494 e. The molecule has 0 aliphatic carbocycles. The standard InChI is InChI=1S/C15H15NO2S/c16-11-13-4-6-14(7-5-13)18-9-2-8-17-12-15-3-1-10-19-15/h1,3-7,10H,2,8-9,12H2. The van der Waals surface area contributed by atoms with Gasteiger partial charge in [-0.3, -0.25) is 0 Å². The molecule has 0 saturated heterocycles. The Morgan fingerprint density at radius 1 is 1.11 bits per heavy atom. The summed E-state index contributed by atoms with van der Waals surface area (Å²) in [6.07, 6.45) is 0.853. The molecule has 1 heterocycles. The first kappa shape index (κ1) is 13.6. The molecule has 0 unspecified atom stereocenters. The number of rotatable bonds is 7. The van der Waals surface area contributed by atoms with Crippen LogP contribution in [-0.4, -0.2) is 13.2 Å². The lowest BCUT2D eigenvalue weighted by Gasteiger charge is -2.06. The highest BCUT2D eigenvalue weighted by Gasteiger charge is 1.96. The maximum Gasteiger partial charge on any atom is 0.119 e. The predicted octanol–water partition coefficient (Wildman–Crippen LogP) is 3.61. The number of benzene rings is 1. The molecular formula is C15H15NO2S. The summed E-state index contributed by atoms with van der Waals surface area (Å²) in [5.74, 6) is 0.789. The summed E-state index contributed by atoms with van der Waals surface area (Å²) in [4.78, 5) is 1.24. The van der Waals surface area contributed by atoms with Crippen molar-refractivity contribution in [1.82, 2.24) is 0 Å². The van der Waals surface area contributed by atoms with Gasteiger partial charge in [-0.2, -0.15) is 5.26 Å². The highest BCUT2D eigenvalue weighted by molar-refractivity contribution is 7.09. The fourth-order valence-corrected chi connectivity index (χ4v) is 2.18. The van der Waals surface area contributed by atoms with Gasteiger partial charge in [-0.1, -0.05) is 6.07 Å². The molecule has 98 valence electrons. The van der Waals surface area contributed by atoms with Crippen molar-refractivity contribution in [3.8, 4) is 11.8 Å². The van der Waals surface area contributed by atoms with Gasteiger partial charge in [0.15, 0.2) is 0 Å². The second kappa shape index (κ2) is 7.57. The van der Waals surface area contributed by atoms with Gasteiger partial charge in [-0.15, -0.1) is 11.3 Å². The normalized spacial score (nSPS) is 10.1. The molecule has 2 aromatic rings. The number of thiophene rings is 1. The van der Waals surface area contributed by atoms with Gasteiger partial charge in [0.1, 0.15) is 5.75 Å². The van der Waals surface area contributed by atoms with Crippen molar-refractivity contribution < 1.29 is 9.47 Å². The highest BCUT2D eigenvalue weighted by atomic mass is 32.1. The SMILES string of the molecule is N#Cc1ccc(OCCCOCc2cccs2)cc1. The summed E-state index contributed by atoms with van der Waals surface area (Å²) in [6.45, 7) is 1.99. The van der Waals surface area contributed by atoms with Crippen LogP contribution in [0.3, 0.4) is 0 Å². The van der Waals surface area contributed by atoms with E-state index >= 15 is 0 Å². The Labute approximate surface area is 117 Å². The molecule has 2 rings (SSSR count). The van der Waals surface area contributed by atoms with Crippen LogP contribution in [0.25, 0.3) is 0 Å². The molecule has 19 heavy (non-hydrogen) atoms. The van der Waals surface area contributed by atoms with Crippen molar-refractivity contribution in [1.29, 1.82) is 5.26 Å². The minimum absolute atomic E-state index is 0.621. The molecule has 0 aliphatic heterocycles. The molecule has 0 fully saturated rings. The molecule has 4 heteroatoms. The lowest BCUT2D eigenvalue weighted by atomic mass is 10.2. The largest absolute Gasteiger partial charge is 0.494 e. The molecular weight excluding hydrogens is 258 g/mol. The summed E-state index contributed by atoms with van der Waals surface area (Å²) in [5, 5.41) is 10.7. The molecule has 0 amide bonds. The summed E-state index contributed by atoms with van der Waals surface area (Å²) in [5.41, 5.74) is 0.645. The molecule has 1 aromatic heterocycles. The smallest absolute Gasteiger partial charge is 0.119 e. The molecule has 0 spiro atoms. The molecule has 0 aliphatic rings. The monoisotopic (exact) mass is 273 g/mol. The van der Waals surface area contributed by atoms with Gasteiger partial charge in [0, 0.05) is 11.3 Å². The number of hydrogen-bond donors (Lipinski definition) is 0. The van der Waals surface area contributed by atoms with Crippen molar-refractivity contribution in [2.24, 2.45) is 0 Å². The average Bonchev–Trinajstić information content (AvgIpc) is 2.96. The van der Waals surface area contributed by atoms with E-state index in [9.17, 15) is 0 Å². The Morgan fingerprint density at radius 3 is 2.63 bits per heavy atom. The molecule has 0 bridgehead atoms. The van der Waals surface area contributed by atoms with Gasteiger partial charge in [0.25, 0.3) is 0 Å². The van der Waals surface area contributed by atoms with Crippen LogP contribution in [0, 0.1) is 11.3 Å². The molecule has 3 nitrogen and oxygen atoms in total. The van der Waals surface area contributed by atoms with E-state index in [1.54, 1.807) is 23.5 Å². The van der Waals surface area contributed by atoms with Gasteiger partial charge < -0.3 is 9.47 Å². The van der Waals surface area contributed by atoms with Crippen molar-refractivity contribution in [2.45, 2.75) is 13.0 Å². The van der Waals surface area contributed by atoms with Crippen LogP contribution in [0.15, 0.2) is 41.8 Å². The van der Waals surface area contributed by atoms with Crippen molar-refractivity contribution >= 4 is 11.3 Å². The molecule has 1 aromatic carbocycles. The molecule has 0 radical (unpaired) electrons. The zero-order chi connectivity index (χ0) is 13.3. The average molecular weight is 273 g/mol. The van der Waals surface area contributed by atoms with Crippen LogP contribution in [0.2, 0.25) is 0 Å². The highest BCUT2D eigenvalue weighted by Crippen LogP contribution is 2.12. The molecule has 0 atom stereocenters. The first-order chi connectivity index (χ1) is 9.38. The van der Waals surface area contributed by atoms with Crippen molar-refractivity contribution in [3.63, 3.8) is 0 Å². The lowest BCUT2D eigenvalue weighted by Crippen LogP contribution is -2.02. The Balaban J connectivity index is 1.57. The van der Waals surface area contributed by atoms with Crippen LogP contribution in [0.1, 0.15) is 16.9 Å². The Morgan fingerprint density at radius 2 is 1.95 bits per heavy atom. The van der Waals surface area contributed by atoms with Gasteiger partial charge >= 0.3 is 0 Å². The van der Waals surface area contributed by atoms with Gasteiger partial charge in [-0.05, 0) is 35.7 Å². The van der Waals surface area contributed by atoms with E-state index in [1.165, 1.54) is 4.88 Å². The zero-order valence-electron chi connectivity index (χ0n) is 10.5. The summed E-state index contributed by atoms with van der Waals surface area (Å²) < 4.78 is 11.1. The lowest BCUT2D eigenvalue weighted by molar-refractivity contribution is 0.109. The third kappa shape index (κ3) is 4.74. The van der Waals surface area contributed by atoms with E-state index in [-0.39, 0.29) is 0 Å². The van der Waals surface area contributed by atoms with E-state index in [0.29, 0.717) is 25.4 Å². The topological polar surface area (TPSA) is 42.2 Å². The Kier molecular flexibility index (Phi) is 5.42. The second-order valence-corrected chi connectivity index (χ2v) is 5.00. The predicted molar refractivity (Wildman–Crippen MR) is 75.2 cm³/mol. The number of nitriles is 1. The van der Waals surface area contributed by atoms with Crippen molar-refractivity contribution in [2.75, 3.05) is 13.2 Å². The number of nitrogens with zero attached hydrogens (tertiary/aromatic N) is 1. The Hall–Kier alpha value is -1.83.